The highest BCUT2D eigenvalue weighted by Crippen LogP contribution is 2.08. The SMILES string of the molecule is CCOCCCNC(=NC)NCc1cccc(CN(CC)CC)c1. The van der Waals surface area contributed by atoms with E-state index in [0.29, 0.717) is 0 Å². The van der Waals surface area contributed by atoms with Crippen LogP contribution in [0.1, 0.15) is 38.3 Å². The Kier molecular flexibility index (Phi) is 10.9. The molecular weight excluding hydrogens is 300 g/mol. The van der Waals surface area contributed by atoms with Crippen LogP contribution in [-0.4, -0.2) is 50.8 Å². The molecule has 0 saturated carbocycles. The Hall–Kier alpha value is -1.59. The number of hydrogen-bond acceptors (Lipinski definition) is 3. The third-order valence-electron chi connectivity index (χ3n) is 3.94. The number of guanidine groups is 1. The Morgan fingerprint density at radius 1 is 1.12 bits per heavy atom. The molecule has 0 aromatic heterocycles. The van der Waals surface area contributed by atoms with Crippen molar-refractivity contribution >= 4 is 5.96 Å². The second kappa shape index (κ2) is 12.8. The fraction of sp³-hybridized carbons (Fsp3) is 0.632. The molecule has 0 amide bonds. The molecular formula is C19H34N4O. The first kappa shape index (κ1) is 20.5. The number of aliphatic imine (C=N–C) groups is 1. The van der Waals surface area contributed by atoms with Crippen molar-refractivity contribution in [2.45, 2.75) is 40.3 Å². The molecule has 0 aliphatic rings. The highest BCUT2D eigenvalue weighted by molar-refractivity contribution is 5.79. The summed E-state index contributed by atoms with van der Waals surface area (Å²) in [4.78, 5) is 6.69. The summed E-state index contributed by atoms with van der Waals surface area (Å²) >= 11 is 0. The van der Waals surface area contributed by atoms with Gasteiger partial charge in [0.25, 0.3) is 0 Å². The molecule has 0 saturated heterocycles. The number of hydrogen-bond donors (Lipinski definition) is 2. The van der Waals surface area contributed by atoms with Crippen molar-refractivity contribution in [2.75, 3.05) is 39.9 Å². The maximum atomic E-state index is 5.34. The van der Waals surface area contributed by atoms with Gasteiger partial charge in [0.05, 0.1) is 0 Å². The zero-order chi connectivity index (χ0) is 17.6. The lowest BCUT2D eigenvalue weighted by molar-refractivity contribution is 0.145. The molecule has 136 valence electrons. The first-order valence-corrected chi connectivity index (χ1v) is 9.05. The Balaban J connectivity index is 2.42. The van der Waals surface area contributed by atoms with E-state index < -0.39 is 0 Å². The highest BCUT2D eigenvalue weighted by Gasteiger charge is 2.03. The summed E-state index contributed by atoms with van der Waals surface area (Å²) in [7, 11) is 1.80. The van der Waals surface area contributed by atoms with Crippen molar-refractivity contribution in [2.24, 2.45) is 4.99 Å². The van der Waals surface area contributed by atoms with Crippen LogP contribution in [0.3, 0.4) is 0 Å². The largest absolute Gasteiger partial charge is 0.382 e. The summed E-state index contributed by atoms with van der Waals surface area (Å²) in [6.07, 6.45) is 0.980. The molecule has 0 unspecified atom stereocenters. The smallest absolute Gasteiger partial charge is 0.191 e. The van der Waals surface area contributed by atoms with Gasteiger partial charge in [0, 0.05) is 39.9 Å². The van der Waals surface area contributed by atoms with Crippen LogP contribution in [-0.2, 0) is 17.8 Å². The minimum absolute atomic E-state index is 0.775. The van der Waals surface area contributed by atoms with E-state index in [-0.39, 0.29) is 0 Å². The van der Waals surface area contributed by atoms with Crippen molar-refractivity contribution in [3.05, 3.63) is 35.4 Å². The maximum Gasteiger partial charge on any atom is 0.191 e. The second-order valence-corrected chi connectivity index (χ2v) is 5.68. The van der Waals surface area contributed by atoms with Crippen molar-refractivity contribution in [1.29, 1.82) is 0 Å². The molecule has 0 bridgehead atoms. The molecule has 2 N–H and O–H groups in total. The van der Waals surface area contributed by atoms with E-state index in [1.165, 1.54) is 11.1 Å². The monoisotopic (exact) mass is 334 g/mol. The van der Waals surface area contributed by atoms with E-state index in [9.17, 15) is 0 Å². The number of rotatable bonds is 11. The fourth-order valence-corrected chi connectivity index (χ4v) is 2.48. The van der Waals surface area contributed by atoms with Gasteiger partial charge in [-0.15, -0.1) is 0 Å². The Morgan fingerprint density at radius 2 is 1.88 bits per heavy atom. The highest BCUT2D eigenvalue weighted by atomic mass is 16.5. The van der Waals surface area contributed by atoms with Gasteiger partial charge in [-0.2, -0.15) is 0 Å². The van der Waals surface area contributed by atoms with E-state index in [1.54, 1.807) is 7.05 Å². The molecule has 0 fully saturated rings. The van der Waals surface area contributed by atoms with Crippen molar-refractivity contribution in [1.82, 2.24) is 15.5 Å². The zero-order valence-corrected chi connectivity index (χ0v) is 15.8. The van der Waals surface area contributed by atoms with Crippen LogP contribution in [0, 0.1) is 0 Å². The van der Waals surface area contributed by atoms with Crippen molar-refractivity contribution in [3.8, 4) is 0 Å². The van der Waals surface area contributed by atoms with Gasteiger partial charge in [-0.05, 0) is 37.6 Å². The summed E-state index contributed by atoms with van der Waals surface area (Å²) in [5.74, 6) is 0.834. The summed E-state index contributed by atoms with van der Waals surface area (Å²) in [5.41, 5.74) is 2.63. The van der Waals surface area contributed by atoms with Crippen LogP contribution in [0.4, 0.5) is 0 Å². The van der Waals surface area contributed by atoms with E-state index in [1.807, 2.05) is 6.92 Å². The Bertz CT molecular complexity index is 472. The maximum absolute atomic E-state index is 5.34. The number of nitrogens with one attached hydrogen (secondary N) is 2. The number of benzene rings is 1. The lowest BCUT2D eigenvalue weighted by atomic mass is 10.1. The lowest BCUT2D eigenvalue weighted by Crippen LogP contribution is -2.37. The van der Waals surface area contributed by atoms with Crippen LogP contribution in [0.2, 0.25) is 0 Å². The normalized spacial score (nSPS) is 11.8. The van der Waals surface area contributed by atoms with Crippen molar-refractivity contribution in [3.63, 3.8) is 0 Å². The molecule has 1 aromatic carbocycles. The molecule has 5 nitrogen and oxygen atoms in total. The van der Waals surface area contributed by atoms with Gasteiger partial charge in [0.15, 0.2) is 5.96 Å². The number of nitrogens with zero attached hydrogens (tertiary/aromatic N) is 2. The van der Waals surface area contributed by atoms with Gasteiger partial charge >= 0.3 is 0 Å². The standard InChI is InChI=1S/C19H34N4O/c1-5-23(6-2)16-18-11-8-10-17(14-18)15-22-19(20-4)21-12-9-13-24-7-3/h8,10-11,14H,5-7,9,12-13,15-16H2,1-4H3,(H2,20,21,22). The van der Waals surface area contributed by atoms with Crippen molar-refractivity contribution < 1.29 is 4.74 Å². The van der Waals surface area contributed by atoms with Gasteiger partial charge in [-0.25, -0.2) is 0 Å². The second-order valence-electron chi connectivity index (χ2n) is 5.68. The minimum Gasteiger partial charge on any atom is -0.382 e. The predicted octanol–water partition coefficient (Wildman–Crippen LogP) is 2.62. The Labute approximate surface area is 147 Å². The summed E-state index contributed by atoms with van der Waals surface area (Å²) in [6.45, 7) is 12.8. The average Bonchev–Trinajstić information content (AvgIpc) is 2.62. The third-order valence-corrected chi connectivity index (χ3v) is 3.94. The molecule has 5 heteroatoms. The molecule has 1 rings (SSSR count). The molecule has 0 aliphatic heterocycles. The molecule has 24 heavy (non-hydrogen) atoms. The van der Waals surface area contributed by atoms with Gasteiger partial charge in [0.2, 0.25) is 0 Å². The fourth-order valence-electron chi connectivity index (χ4n) is 2.48. The van der Waals surface area contributed by atoms with Crippen LogP contribution < -0.4 is 10.6 Å². The van der Waals surface area contributed by atoms with Crippen LogP contribution in [0.25, 0.3) is 0 Å². The molecule has 0 aliphatic carbocycles. The first-order chi connectivity index (χ1) is 11.7. The summed E-state index contributed by atoms with van der Waals surface area (Å²) in [5, 5.41) is 6.68. The lowest BCUT2D eigenvalue weighted by Gasteiger charge is -2.18. The van der Waals surface area contributed by atoms with Gasteiger partial charge in [0.1, 0.15) is 0 Å². The van der Waals surface area contributed by atoms with Crippen LogP contribution >= 0.6 is 0 Å². The Morgan fingerprint density at radius 3 is 2.54 bits per heavy atom. The van der Waals surface area contributed by atoms with E-state index in [4.69, 9.17) is 4.74 Å². The van der Waals surface area contributed by atoms with Gasteiger partial charge in [-0.1, -0.05) is 38.1 Å². The van der Waals surface area contributed by atoms with E-state index in [0.717, 1.165) is 58.3 Å². The van der Waals surface area contributed by atoms with Crippen LogP contribution in [0.5, 0.6) is 0 Å². The molecule has 0 radical (unpaired) electrons. The molecule has 1 aromatic rings. The molecule has 0 atom stereocenters. The summed E-state index contributed by atoms with van der Waals surface area (Å²) < 4.78 is 5.34. The predicted molar refractivity (Wildman–Crippen MR) is 102 cm³/mol. The quantitative estimate of drug-likeness (QED) is 0.371. The first-order valence-electron chi connectivity index (χ1n) is 9.05. The molecule has 0 spiro atoms. The minimum atomic E-state index is 0.775. The van der Waals surface area contributed by atoms with E-state index >= 15 is 0 Å². The van der Waals surface area contributed by atoms with Crippen LogP contribution in [0.15, 0.2) is 29.3 Å². The van der Waals surface area contributed by atoms with Gasteiger partial charge < -0.3 is 15.4 Å². The average molecular weight is 335 g/mol. The summed E-state index contributed by atoms with van der Waals surface area (Å²) in [6, 6.07) is 8.76. The van der Waals surface area contributed by atoms with E-state index in [2.05, 4.69) is 58.6 Å². The number of ether oxygens (including phenoxy) is 1. The topological polar surface area (TPSA) is 48.9 Å². The zero-order valence-electron chi connectivity index (χ0n) is 15.8. The van der Waals surface area contributed by atoms with Gasteiger partial charge in [-0.3, -0.25) is 9.89 Å². The third kappa shape index (κ3) is 8.31. The molecule has 0 heterocycles.